The maximum atomic E-state index is 12.5. The highest BCUT2D eigenvalue weighted by Crippen LogP contribution is 2.53. The fourth-order valence-electron chi connectivity index (χ4n) is 2.35. The number of benzene rings is 1. The molecule has 0 aromatic heterocycles. The summed E-state index contributed by atoms with van der Waals surface area (Å²) in [4.78, 5) is 12.5. The van der Waals surface area contributed by atoms with Gasteiger partial charge in [0.05, 0.1) is 0 Å². The molecule has 0 N–H and O–H groups in total. The molecule has 86 valence electrons. The third-order valence-corrected chi connectivity index (χ3v) is 7.30. The lowest BCUT2D eigenvalue weighted by atomic mass is 10.1. The number of hydrogen-bond acceptors (Lipinski definition) is 1. The van der Waals surface area contributed by atoms with E-state index in [1.54, 1.807) is 0 Å². The van der Waals surface area contributed by atoms with Crippen LogP contribution in [0.15, 0.2) is 30.3 Å². The smallest absolute Gasteiger partial charge is 0.157 e. The molecule has 1 saturated carbocycles. The molecule has 0 bridgehead atoms. The van der Waals surface area contributed by atoms with Gasteiger partial charge in [-0.15, -0.1) is 0 Å². The Labute approximate surface area is 98.9 Å². The zero-order valence-electron chi connectivity index (χ0n) is 10.6. The summed E-state index contributed by atoms with van der Waals surface area (Å²) < 4.78 is 0. The standard InChI is InChI=1S/C14H20OSi/c1-14(2)10-12(14)13(15)16(3,4)11-8-6-5-7-9-11/h5-9,12H,10H2,1-4H3. The molecule has 1 atom stereocenters. The van der Waals surface area contributed by atoms with Crippen molar-refractivity contribution in [3.8, 4) is 0 Å². The molecule has 1 aromatic rings. The second-order valence-corrected chi connectivity index (χ2v) is 10.4. The molecule has 1 aliphatic rings. The van der Waals surface area contributed by atoms with Gasteiger partial charge in [-0.1, -0.05) is 62.5 Å². The van der Waals surface area contributed by atoms with Crippen LogP contribution in [-0.2, 0) is 4.79 Å². The van der Waals surface area contributed by atoms with Gasteiger partial charge in [0.15, 0.2) is 8.07 Å². The van der Waals surface area contributed by atoms with Gasteiger partial charge < -0.3 is 4.79 Å². The van der Waals surface area contributed by atoms with Crippen molar-refractivity contribution < 1.29 is 4.79 Å². The van der Waals surface area contributed by atoms with E-state index in [0.29, 0.717) is 11.3 Å². The second kappa shape index (κ2) is 3.56. The van der Waals surface area contributed by atoms with E-state index in [1.807, 2.05) is 18.2 Å². The molecular formula is C14H20OSi. The zero-order valence-corrected chi connectivity index (χ0v) is 11.6. The average molecular weight is 232 g/mol. The van der Waals surface area contributed by atoms with Crippen LogP contribution in [0.5, 0.6) is 0 Å². The molecule has 1 aliphatic carbocycles. The summed E-state index contributed by atoms with van der Waals surface area (Å²) in [7, 11) is -1.91. The minimum Gasteiger partial charge on any atom is -0.305 e. The molecule has 0 spiro atoms. The number of rotatable bonds is 3. The van der Waals surface area contributed by atoms with E-state index in [1.165, 1.54) is 5.19 Å². The molecule has 0 amide bonds. The first-order valence-electron chi connectivity index (χ1n) is 5.95. The van der Waals surface area contributed by atoms with Gasteiger partial charge in [0.2, 0.25) is 0 Å². The molecule has 1 nitrogen and oxygen atoms in total. The molecule has 0 heterocycles. The minimum absolute atomic E-state index is 0.260. The van der Waals surface area contributed by atoms with Gasteiger partial charge in [-0.05, 0) is 11.8 Å². The number of hydrogen-bond donors (Lipinski definition) is 0. The van der Waals surface area contributed by atoms with Crippen molar-refractivity contribution >= 4 is 18.7 Å². The molecule has 0 saturated heterocycles. The van der Waals surface area contributed by atoms with Crippen LogP contribution in [0.25, 0.3) is 0 Å². The predicted molar refractivity (Wildman–Crippen MR) is 70.5 cm³/mol. The summed E-state index contributed by atoms with van der Waals surface area (Å²) in [5.41, 5.74) is 0.260. The van der Waals surface area contributed by atoms with Crippen molar-refractivity contribution in [3.05, 3.63) is 30.3 Å². The summed E-state index contributed by atoms with van der Waals surface area (Å²) in [6.45, 7) is 8.76. The predicted octanol–water partition coefficient (Wildman–Crippen LogP) is 2.76. The van der Waals surface area contributed by atoms with Crippen LogP contribution in [-0.4, -0.2) is 13.5 Å². The SMILES string of the molecule is CC1(C)CC1C(=O)[Si](C)(C)c1ccccc1. The van der Waals surface area contributed by atoms with Gasteiger partial charge in [0.25, 0.3) is 0 Å². The van der Waals surface area contributed by atoms with Gasteiger partial charge in [-0.2, -0.15) is 0 Å². The van der Waals surface area contributed by atoms with E-state index < -0.39 is 8.07 Å². The highest BCUT2D eigenvalue weighted by molar-refractivity contribution is 7.13. The van der Waals surface area contributed by atoms with Crippen LogP contribution in [0, 0.1) is 11.3 Å². The van der Waals surface area contributed by atoms with Crippen molar-refractivity contribution in [2.75, 3.05) is 0 Å². The Hall–Kier alpha value is -0.893. The lowest BCUT2D eigenvalue weighted by Gasteiger charge is -2.22. The zero-order chi connectivity index (χ0) is 12.0. The molecule has 1 unspecified atom stereocenters. The molecule has 2 rings (SSSR count). The molecule has 16 heavy (non-hydrogen) atoms. The van der Waals surface area contributed by atoms with E-state index in [2.05, 4.69) is 39.1 Å². The number of carbonyl (C=O) groups excluding carboxylic acids is 1. The summed E-state index contributed by atoms with van der Waals surface area (Å²) >= 11 is 0. The summed E-state index contributed by atoms with van der Waals surface area (Å²) in [5.74, 6) is 0.314. The van der Waals surface area contributed by atoms with Gasteiger partial charge in [0, 0.05) is 5.92 Å². The topological polar surface area (TPSA) is 17.1 Å². The van der Waals surface area contributed by atoms with Crippen molar-refractivity contribution in [1.29, 1.82) is 0 Å². The molecule has 0 aliphatic heterocycles. The largest absolute Gasteiger partial charge is 0.305 e. The highest BCUT2D eigenvalue weighted by Gasteiger charge is 2.54. The average Bonchev–Trinajstić information content (AvgIpc) is 2.88. The first-order valence-corrected chi connectivity index (χ1v) is 8.95. The maximum absolute atomic E-state index is 12.5. The Morgan fingerprint density at radius 3 is 2.19 bits per heavy atom. The van der Waals surface area contributed by atoms with E-state index in [0.717, 1.165) is 6.42 Å². The van der Waals surface area contributed by atoms with Gasteiger partial charge in [-0.3, -0.25) is 0 Å². The third-order valence-electron chi connectivity index (χ3n) is 3.94. The quantitative estimate of drug-likeness (QED) is 0.732. The Kier molecular flexibility index (Phi) is 2.58. The van der Waals surface area contributed by atoms with Gasteiger partial charge in [0.1, 0.15) is 5.41 Å². The second-order valence-electron chi connectivity index (χ2n) is 6.10. The van der Waals surface area contributed by atoms with E-state index in [4.69, 9.17) is 0 Å². The van der Waals surface area contributed by atoms with E-state index in [-0.39, 0.29) is 5.41 Å². The maximum Gasteiger partial charge on any atom is 0.157 e. The van der Waals surface area contributed by atoms with Crippen molar-refractivity contribution in [2.45, 2.75) is 33.4 Å². The number of carbonyl (C=O) groups is 1. The lowest BCUT2D eigenvalue weighted by molar-refractivity contribution is -0.114. The van der Waals surface area contributed by atoms with Crippen LogP contribution in [0.1, 0.15) is 20.3 Å². The third kappa shape index (κ3) is 1.86. The van der Waals surface area contributed by atoms with Crippen molar-refractivity contribution in [1.82, 2.24) is 0 Å². The van der Waals surface area contributed by atoms with Crippen LogP contribution in [0.4, 0.5) is 0 Å². The Morgan fingerprint density at radius 2 is 1.75 bits per heavy atom. The van der Waals surface area contributed by atoms with Crippen LogP contribution >= 0.6 is 0 Å². The van der Waals surface area contributed by atoms with Gasteiger partial charge in [-0.25, -0.2) is 0 Å². The van der Waals surface area contributed by atoms with E-state index >= 15 is 0 Å². The first-order chi connectivity index (χ1) is 7.36. The summed E-state index contributed by atoms with van der Waals surface area (Å²) in [6, 6.07) is 10.3. The Bertz CT molecular complexity index is 406. The summed E-state index contributed by atoms with van der Waals surface area (Å²) in [5, 5.41) is 1.80. The summed E-state index contributed by atoms with van der Waals surface area (Å²) in [6.07, 6.45) is 1.08. The molecule has 0 radical (unpaired) electrons. The molecule has 1 fully saturated rings. The molecule has 2 heteroatoms. The van der Waals surface area contributed by atoms with E-state index in [9.17, 15) is 4.79 Å². The fraction of sp³-hybridized carbons (Fsp3) is 0.500. The lowest BCUT2D eigenvalue weighted by Crippen LogP contribution is -2.51. The van der Waals surface area contributed by atoms with Crippen LogP contribution in [0.2, 0.25) is 13.1 Å². The highest BCUT2D eigenvalue weighted by atomic mass is 28.3. The van der Waals surface area contributed by atoms with Crippen molar-refractivity contribution in [2.24, 2.45) is 11.3 Å². The van der Waals surface area contributed by atoms with Crippen molar-refractivity contribution in [3.63, 3.8) is 0 Å². The molecular weight excluding hydrogens is 212 g/mol. The Morgan fingerprint density at radius 1 is 1.25 bits per heavy atom. The van der Waals surface area contributed by atoms with Crippen LogP contribution < -0.4 is 5.19 Å². The first kappa shape index (κ1) is 11.6. The van der Waals surface area contributed by atoms with Crippen LogP contribution in [0.3, 0.4) is 0 Å². The Balaban J connectivity index is 2.24. The fourth-order valence-corrected chi connectivity index (χ4v) is 5.02. The van der Waals surface area contributed by atoms with Gasteiger partial charge >= 0.3 is 0 Å². The normalized spacial score (nSPS) is 22.9. The monoisotopic (exact) mass is 232 g/mol. The molecule has 1 aromatic carbocycles. The minimum atomic E-state index is -1.91.